The van der Waals surface area contributed by atoms with Gasteiger partial charge in [-0.3, -0.25) is 4.99 Å². The first-order valence-electron chi connectivity index (χ1n) is 9.56. The van der Waals surface area contributed by atoms with Crippen molar-refractivity contribution in [2.45, 2.75) is 32.5 Å². The van der Waals surface area contributed by atoms with Crippen LogP contribution in [0.4, 0.5) is 0 Å². The predicted molar refractivity (Wildman–Crippen MR) is 125 cm³/mol. The average molecular weight is 517 g/mol. The Morgan fingerprint density at radius 2 is 1.97 bits per heavy atom. The average Bonchev–Trinajstić information content (AvgIpc) is 3.18. The highest BCUT2D eigenvalue weighted by Gasteiger charge is 2.10. The fourth-order valence-electron chi connectivity index (χ4n) is 2.56. The Labute approximate surface area is 189 Å². The number of aliphatic imine (C=N–C) groups is 1. The van der Waals surface area contributed by atoms with Crippen LogP contribution in [0.25, 0.3) is 0 Å². The van der Waals surface area contributed by atoms with E-state index in [0.29, 0.717) is 25.7 Å². The molecule has 3 N–H and O–H groups in total. The number of guanidine groups is 1. The van der Waals surface area contributed by atoms with Crippen LogP contribution in [0.3, 0.4) is 0 Å². The molecular weight excluding hydrogens is 485 g/mol. The lowest BCUT2D eigenvalue weighted by Gasteiger charge is -2.15. The Balaban J connectivity index is 0.00000420. The number of rotatable bonds is 11. The van der Waals surface area contributed by atoms with E-state index in [-0.39, 0.29) is 36.6 Å². The molecule has 2 rings (SSSR count). The zero-order chi connectivity index (χ0) is 20.2. The number of nitrogens with zero attached hydrogens (tertiary/aromatic N) is 1. The standard InChI is InChI=1S/C21H31N3O4.HI/c1-16(2)28-19-7-4-6-17(14-19)20(25)15-24-21(23-11-13-26-3)22-10-9-18-8-5-12-27-18;/h4-8,12,14,16,20,25H,9-11,13,15H2,1-3H3,(H2,22,23,24);1H. The third-order valence-corrected chi connectivity index (χ3v) is 3.88. The van der Waals surface area contributed by atoms with Crippen molar-refractivity contribution in [2.75, 3.05) is 33.4 Å². The third-order valence-electron chi connectivity index (χ3n) is 3.88. The summed E-state index contributed by atoms with van der Waals surface area (Å²) < 4.78 is 16.1. The molecule has 0 aliphatic carbocycles. The lowest BCUT2D eigenvalue weighted by Crippen LogP contribution is -2.40. The normalized spacial score (nSPS) is 12.4. The van der Waals surface area contributed by atoms with Crippen LogP contribution in [0, 0.1) is 0 Å². The van der Waals surface area contributed by atoms with Crippen molar-refractivity contribution in [3.63, 3.8) is 0 Å². The summed E-state index contributed by atoms with van der Waals surface area (Å²) in [6.45, 7) is 6.03. The van der Waals surface area contributed by atoms with Crippen molar-refractivity contribution >= 4 is 29.9 Å². The molecule has 0 fully saturated rings. The zero-order valence-electron chi connectivity index (χ0n) is 17.3. The predicted octanol–water partition coefficient (Wildman–Crippen LogP) is 3.14. The van der Waals surface area contributed by atoms with E-state index in [2.05, 4.69) is 15.6 Å². The Hall–Kier alpha value is -1.78. The number of methoxy groups -OCH3 is 1. The minimum absolute atomic E-state index is 0. The van der Waals surface area contributed by atoms with Gasteiger partial charge in [-0.25, -0.2) is 0 Å². The van der Waals surface area contributed by atoms with Crippen molar-refractivity contribution in [3.8, 4) is 5.75 Å². The van der Waals surface area contributed by atoms with Gasteiger partial charge in [-0.1, -0.05) is 12.1 Å². The zero-order valence-corrected chi connectivity index (χ0v) is 19.6. The smallest absolute Gasteiger partial charge is 0.191 e. The molecule has 162 valence electrons. The SMILES string of the molecule is COCCNC(=NCC(O)c1cccc(OC(C)C)c1)NCCc1ccco1.I. The van der Waals surface area contributed by atoms with E-state index in [4.69, 9.17) is 13.9 Å². The Kier molecular flexibility index (Phi) is 12.4. The maximum Gasteiger partial charge on any atom is 0.191 e. The van der Waals surface area contributed by atoms with E-state index in [1.807, 2.05) is 50.2 Å². The van der Waals surface area contributed by atoms with Gasteiger partial charge in [-0.2, -0.15) is 0 Å². The molecule has 1 aromatic heterocycles. The van der Waals surface area contributed by atoms with E-state index >= 15 is 0 Å². The van der Waals surface area contributed by atoms with Crippen molar-refractivity contribution in [1.29, 1.82) is 0 Å². The van der Waals surface area contributed by atoms with Gasteiger partial charge in [-0.15, -0.1) is 24.0 Å². The lowest BCUT2D eigenvalue weighted by atomic mass is 10.1. The van der Waals surface area contributed by atoms with Gasteiger partial charge in [-0.05, 0) is 43.7 Å². The molecule has 1 unspecified atom stereocenters. The van der Waals surface area contributed by atoms with E-state index in [9.17, 15) is 5.11 Å². The van der Waals surface area contributed by atoms with Crippen molar-refractivity contribution in [3.05, 3.63) is 54.0 Å². The lowest BCUT2D eigenvalue weighted by molar-refractivity contribution is 0.185. The summed E-state index contributed by atoms with van der Waals surface area (Å²) in [7, 11) is 1.65. The van der Waals surface area contributed by atoms with Gasteiger partial charge in [0.05, 0.1) is 31.6 Å². The summed E-state index contributed by atoms with van der Waals surface area (Å²) in [6.07, 6.45) is 1.77. The number of hydrogen-bond acceptors (Lipinski definition) is 5. The molecular formula is C21H32IN3O4. The van der Waals surface area contributed by atoms with E-state index in [0.717, 1.165) is 23.5 Å². The van der Waals surface area contributed by atoms with E-state index in [1.165, 1.54) is 0 Å². The summed E-state index contributed by atoms with van der Waals surface area (Å²) >= 11 is 0. The summed E-state index contributed by atoms with van der Waals surface area (Å²) in [5.41, 5.74) is 0.772. The monoisotopic (exact) mass is 517 g/mol. The largest absolute Gasteiger partial charge is 0.491 e. The maximum absolute atomic E-state index is 10.5. The number of aliphatic hydroxyl groups excluding tert-OH is 1. The molecule has 0 aliphatic rings. The fourth-order valence-corrected chi connectivity index (χ4v) is 2.56. The highest BCUT2D eigenvalue weighted by atomic mass is 127. The molecule has 0 saturated carbocycles. The van der Waals surface area contributed by atoms with Crippen LogP contribution in [0.15, 0.2) is 52.1 Å². The van der Waals surface area contributed by atoms with Crippen LogP contribution in [0.1, 0.15) is 31.3 Å². The highest BCUT2D eigenvalue weighted by molar-refractivity contribution is 14.0. The highest BCUT2D eigenvalue weighted by Crippen LogP contribution is 2.20. The summed E-state index contributed by atoms with van der Waals surface area (Å²) in [5.74, 6) is 2.27. The van der Waals surface area contributed by atoms with Crippen molar-refractivity contribution < 1.29 is 19.0 Å². The second kappa shape index (κ2) is 14.2. The van der Waals surface area contributed by atoms with Gasteiger partial charge in [0.25, 0.3) is 0 Å². The van der Waals surface area contributed by atoms with Crippen LogP contribution in [-0.4, -0.2) is 50.5 Å². The summed E-state index contributed by atoms with van der Waals surface area (Å²) in [4.78, 5) is 4.50. The van der Waals surface area contributed by atoms with Gasteiger partial charge >= 0.3 is 0 Å². The number of halogens is 1. The minimum atomic E-state index is -0.721. The van der Waals surface area contributed by atoms with Gasteiger partial charge < -0.3 is 29.6 Å². The molecule has 2 aromatic rings. The Morgan fingerprint density at radius 1 is 1.17 bits per heavy atom. The fraction of sp³-hybridized carbons (Fsp3) is 0.476. The topological polar surface area (TPSA) is 88.2 Å². The van der Waals surface area contributed by atoms with Crippen LogP contribution >= 0.6 is 24.0 Å². The van der Waals surface area contributed by atoms with Crippen LogP contribution in [0.5, 0.6) is 5.75 Å². The van der Waals surface area contributed by atoms with Crippen LogP contribution < -0.4 is 15.4 Å². The number of benzene rings is 1. The van der Waals surface area contributed by atoms with Gasteiger partial charge in [0.1, 0.15) is 11.5 Å². The van der Waals surface area contributed by atoms with Crippen molar-refractivity contribution in [1.82, 2.24) is 10.6 Å². The first-order valence-corrected chi connectivity index (χ1v) is 9.56. The molecule has 1 heterocycles. The van der Waals surface area contributed by atoms with Gasteiger partial charge in [0.2, 0.25) is 0 Å². The molecule has 8 heteroatoms. The molecule has 0 aliphatic heterocycles. The Bertz CT molecular complexity index is 708. The summed E-state index contributed by atoms with van der Waals surface area (Å²) in [5, 5.41) is 17.0. The molecule has 0 spiro atoms. The molecule has 0 bridgehead atoms. The van der Waals surface area contributed by atoms with Gasteiger partial charge in [0, 0.05) is 26.6 Å². The van der Waals surface area contributed by atoms with Gasteiger partial charge in [0.15, 0.2) is 5.96 Å². The first-order chi connectivity index (χ1) is 13.6. The molecule has 1 atom stereocenters. The number of furan rings is 1. The van der Waals surface area contributed by atoms with E-state index < -0.39 is 6.10 Å². The minimum Gasteiger partial charge on any atom is -0.491 e. The number of aliphatic hydroxyl groups is 1. The maximum atomic E-state index is 10.5. The van der Waals surface area contributed by atoms with E-state index in [1.54, 1.807) is 13.4 Å². The van der Waals surface area contributed by atoms with Crippen molar-refractivity contribution in [2.24, 2.45) is 4.99 Å². The van der Waals surface area contributed by atoms with Crippen LogP contribution in [-0.2, 0) is 11.2 Å². The Morgan fingerprint density at radius 3 is 2.66 bits per heavy atom. The second-order valence-electron chi connectivity index (χ2n) is 6.62. The second-order valence-corrected chi connectivity index (χ2v) is 6.62. The molecule has 1 aromatic carbocycles. The number of nitrogens with one attached hydrogen (secondary N) is 2. The third kappa shape index (κ3) is 10.00. The summed E-state index contributed by atoms with van der Waals surface area (Å²) in [6, 6.07) is 11.3. The number of ether oxygens (including phenoxy) is 2. The molecule has 0 saturated heterocycles. The molecule has 0 amide bonds. The molecule has 7 nitrogen and oxygen atoms in total. The number of hydrogen-bond donors (Lipinski definition) is 3. The van der Waals surface area contributed by atoms with Crippen LogP contribution in [0.2, 0.25) is 0 Å². The first kappa shape index (κ1) is 25.3. The quantitative estimate of drug-likeness (QED) is 0.184. The molecule has 0 radical (unpaired) electrons. The molecule has 29 heavy (non-hydrogen) atoms.